The maximum atomic E-state index is 11.9. The molecule has 0 aliphatic heterocycles. The summed E-state index contributed by atoms with van der Waals surface area (Å²) in [4.78, 5) is 11.9. The second-order valence-corrected chi connectivity index (χ2v) is 4.33. The van der Waals surface area contributed by atoms with Crippen LogP contribution in [0.1, 0.15) is 28.8 Å². The van der Waals surface area contributed by atoms with Crippen molar-refractivity contribution in [3.63, 3.8) is 0 Å². The van der Waals surface area contributed by atoms with Gasteiger partial charge in [0.25, 0.3) is 0 Å². The van der Waals surface area contributed by atoms with E-state index in [0.717, 1.165) is 5.56 Å². The van der Waals surface area contributed by atoms with Crippen LogP contribution in [0, 0.1) is 0 Å². The third-order valence-corrected chi connectivity index (χ3v) is 2.98. The maximum Gasteiger partial charge on any atom is 0.344 e. The smallest absolute Gasteiger partial charge is 0.344 e. The van der Waals surface area contributed by atoms with Gasteiger partial charge in [0.2, 0.25) is 5.90 Å². The Labute approximate surface area is 117 Å². The van der Waals surface area contributed by atoms with Crippen LogP contribution in [0.3, 0.4) is 0 Å². The van der Waals surface area contributed by atoms with Crippen LogP contribution in [0.25, 0.3) is 0 Å². The van der Waals surface area contributed by atoms with Gasteiger partial charge in [-0.1, -0.05) is 53.7 Å². The second-order valence-electron chi connectivity index (χ2n) is 4.33. The molecule has 1 N–H and O–H groups in total. The molecule has 2 aromatic rings. The highest BCUT2D eigenvalue weighted by molar-refractivity contribution is 6.00. The quantitative estimate of drug-likeness (QED) is 0.305. The molecule has 1 atom stereocenters. The van der Waals surface area contributed by atoms with E-state index in [-0.39, 0.29) is 11.8 Å². The number of nitrogens with zero attached hydrogens (tertiary/aromatic N) is 1. The lowest BCUT2D eigenvalue weighted by molar-refractivity contribution is 0.0698. The van der Waals surface area contributed by atoms with Gasteiger partial charge in [-0.25, -0.2) is 4.79 Å². The summed E-state index contributed by atoms with van der Waals surface area (Å²) in [5.74, 6) is -0.875. The Hall–Kier alpha value is -2.62. The molecule has 0 unspecified atom stereocenters. The zero-order valence-corrected chi connectivity index (χ0v) is 11.1. The summed E-state index contributed by atoms with van der Waals surface area (Å²) in [5, 5.41) is 12.2. The molecule has 4 nitrogen and oxygen atoms in total. The van der Waals surface area contributed by atoms with E-state index in [1.165, 1.54) is 0 Å². The van der Waals surface area contributed by atoms with Gasteiger partial charge in [-0.15, -0.1) is 0 Å². The van der Waals surface area contributed by atoms with Gasteiger partial charge in [0.15, 0.2) is 0 Å². The summed E-state index contributed by atoms with van der Waals surface area (Å²) in [6.07, 6.45) is 0. The van der Waals surface area contributed by atoms with Crippen molar-refractivity contribution in [3.8, 4) is 0 Å². The number of esters is 1. The minimum Gasteiger partial charge on any atom is -0.408 e. The van der Waals surface area contributed by atoms with Crippen molar-refractivity contribution in [2.45, 2.75) is 12.8 Å². The summed E-state index contributed by atoms with van der Waals surface area (Å²) < 4.78 is 5.16. The molecule has 0 bridgehead atoms. The summed E-state index contributed by atoms with van der Waals surface area (Å²) in [6.45, 7) is 1.81. The largest absolute Gasteiger partial charge is 0.408 e. The Morgan fingerprint density at radius 3 is 2.15 bits per heavy atom. The third kappa shape index (κ3) is 3.23. The fourth-order valence-electron chi connectivity index (χ4n) is 1.81. The van der Waals surface area contributed by atoms with Gasteiger partial charge in [0, 0.05) is 0 Å². The van der Waals surface area contributed by atoms with Crippen molar-refractivity contribution in [2.75, 3.05) is 0 Å². The SMILES string of the molecule is C[C@H](/C(=N\O)OC(=O)c1ccccc1)c1ccccc1. The van der Waals surface area contributed by atoms with Crippen LogP contribution in [0.4, 0.5) is 0 Å². The first-order valence-electron chi connectivity index (χ1n) is 6.26. The van der Waals surface area contributed by atoms with E-state index in [1.807, 2.05) is 43.3 Å². The first kappa shape index (κ1) is 13.8. The van der Waals surface area contributed by atoms with Crippen molar-refractivity contribution < 1.29 is 14.7 Å². The number of hydrogen-bond acceptors (Lipinski definition) is 4. The monoisotopic (exact) mass is 269 g/mol. The number of rotatable bonds is 3. The minimum atomic E-state index is -0.541. The van der Waals surface area contributed by atoms with Crippen molar-refractivity contribution in [1.29, 1.82) is 0 Å². The number of carbonyl (C=O) groups excluding carboxylic acids is 1. The highest BCUT2D eigenvalue weighted by Crippen LogP contribution is 2.18. The van der Waals surface area contributed by atoms with E-state index in [4.69, 9.17) is 9.94 Å². The standard InChI is InChI=1S/C16H15NO3/c1-12(13-8-4-2-5-9-13)15(17-19)20-16(18)14-10-6-3-7-11-14/h2-12,19H,1H3/b17-15+/t12-/m0/s1. The number of oxime groups is 1. The first-order chi connectivity index (χ1) is 9.72. The Morgan fingerprint density at radius 1 is 1.05 bits per heavy atom. The highest BCUT2D eigenvalue weighted by Gasteiger charge is 2.19. The number of ether oxygens (including phenoxy) is 1. The molecule has 102 valence electrons. The topological polar surface area (TPSA) is 58.9 Å². The number of carbonyl (C=O) groups is 1. The molecular weight excluding hydrogens is 254 g/mol. The average molecular weight is 269 g/mol. The summed E-state index contributed by atoms with van der Waals surface area (Å²) >= 11 is 0. The van der Waals surface area contributed by atoms with E-state index in [1.54, 1.807) is 24.3 Å². The molecule has 20 heavy (non-hydrogen) atoms. The zero-order valence-electron chi connectivity index (χ0n) is 11.1. The van der Waals surface area contributed by atoms with Gasteiger partial charge in [-0.05, 0) is 24.6 Å². The fourth-order valence-corrected chi connectivity index (χ4v) is 1.81. The van der Waals surface area contributed by atoms with Crippen molar-refractivity contribution in [1.82, 2.24) is 0 Å². The van der Waals surface area contributed by atoms with Crippen LogP contribution in [-0.2, 0) is 4.74 Å². The Kier molecular flexibility index (Phi) is 4.50. The fraction of sp³-hybridized carbons (Fsp3) is 0.125. The molecule has 2 aromatic carbocycles. The summed E-state index contributed by atoms with van der Waals surface area (Å²) in [6, 6.07) is 18.0. The van der Waals surface area contributed by atoms with E-state index in [2.05, 4.69) is 5.16 Å². The minimum absolute atomic E-state index is 0.0231. The molecule has 0 spiro atoms. The van der Waals surface area contributed by atoms with Gasteiger partial charge in [0.1, 0.15) is 0 Å². The molecule has 0 radical (unpaired) electrons. The van der Waals surface area contributed by atoms with Crippen molar-refractivity contribution >= 4 is 11.9 Å². The number of benzene rings is 2. The van der Waals surface area contributed by atoms with Crippen molar-refractivity contribution in [2.24, 2.45) is 5.16 Å². The van der Waals surface area contributed by atoms with E-state index < -0.39 is 5.97 Å². The van der Waals surface area contributed by atoms with Crippen LogP contribution < -0.4 is 0 Å². The van der Waals surface area contributed by atoms with E-state index in [0.29, 0.717) is 5.56 Å². The molecule has 0 amide bonds. The molecule has 0 saturated heterocycles. The molecule has 0 aliphatic carbocycles. The van der Waals surface area contributed by atoms with Crippen LogP contribution in [-0.4, -0.2) is 17.1 Å². The molecule has 0 aliphatic rings. The maximum absolute atomic E-state index is 11.9. The Morgan fingerprint density at radius 2 is 1.60 bits per heavy atom. The lowest BCUT2D eigenvalue weighted by atomic mass is 10.0. The summed E-state index contributed by atoms with van der Waals surface area (Å²) in [5.41, 5.74) is 1.31. The number of hydrogen-bond donors (Lipinski definition) is 1. The normalized spacial score (nSPS) is 12.8. The van der Waals surface area contributed by atoms with Gasteiger partial charge in [0.05, 0.1) is 11.5 Å². The van der Waals surface area contributed by atoms with Gasteiger partial charge < -0.3 is 9.94 Å². The first-order valence-corrected chi connectivity index (χ1v) is 6.26. The highest BCUT2D eigenvalue weighted by atomic mass is 16.6. The van der Waals surface area contributed by atoms with Crippen LogP contribution in [0.15, 0.2) is 65.8 Å². The Balaban J connectivity index is 2.13. The van der Waals surface area contributed by atoms with Crippen molar-refractivity contribution in [3.05, 3.63) is 71.8 Å². The molecule has 0 saturated carbocycles. The molecule has 0 fully saturated rings. The predicted molar refractivity (Wildman–Crippen MR) is 75.9 cm³/mol. The predicted octanol–water partition coefficient (Wildman–Crippen LogP) is 3.43. The van der Waals surface area contributed by atoms with Gasteiger partial charge in [-0.2, -0.15) is 0 Å². The lowest BCUT2D eigenvalue weighted by Gasteiger charge is -2.13. The molecular formula is C16H15NO3. The van der Waals surface area contributed by atoms with E-state index in [9.17, 15) is 4.79 Å². The van der Waals surface area contributed by atoms with E-state index >= 15 is 0 Å². The van der Waals surface area contributed by atoms with Crippen LogP contribution >= 0.6 is 0 Å². The van der Waals surface area contributed by atoms with Crippen LogP contribution in [0.5, 0.6) is 0 Å². The van der Waals surface area contributed by atoms with Gasteiger partial charge >= 0.3 is 5.97 Å². The molecule has 4 heteroatoms. The average Bonchev–Trinajstić information content (AvgIpc) is 2.53. The molecule has 2 rings (SSSR count). The zero-order chi connectivity index (χ0) is 14.4. The Bertz CT molecular complexity index is 594. The molecule has 0 aromatic heterocycles. The third-order valence-electron chi connectivity index (χ3n) is 2.98. The lowest BCUT2D eigenvalue weighted by Crippen LogP contribution is -2.18. The van der Waals surface area contributed by atoms with Crippen LogP contribution in [0.2, 0.25) is 0 Å². The molecule has 0 heterocycles. The second kappa shape index (κ2) is 6.52. The summed E-state index contributed by atoms with van der Waals surface area (Å²) in [7, 11) is 0. The van der Waals surface area contributed by atoms with Gasteiger partial charge in [-0.3, -0.25) is 0 Å².